The first kappa shape index (κ1) is 16.1. The van der Waals surface area contributed by atoms with Crippen molar-refractivity contribution >= 4 is 17.2 Å². The predicted octanol–water partition coefficient (Wildman–Crippen LogP) is 2.68. The van der Waals surface area contributed by atoms with Gasteiger partial charge in [0.25, 0.3) is 0 Å². The van der Waals surface area contributed by atoms with Crippen LogP contribution in [0.1, 0.15) is 41.6 Å². The number of amides is 1. The van der Waals surface area contributed by atoms with Crippen molar-refractivity contribution in [2.24, 2.45) is 0 Å². The van der Waals surface area contributed by atoms with Crippen LogP contribution >= 0.6 is 11.3 Å². The number of hydrogen-bond acceptors (Lipinski definition) is 5. The third kappa shape index (κ3) is 4.84. The van der Waals surface area contributed by atoms with E-state index in [0.29, 0.717) is 19.6 Å². The van der Waals surface area contributed by atoms with Crippen molar-refractivity contribution in [3.05, 3.63) is 46.2 Å². The molecular weight excluding hydrogens is 310 g/mol. The fourth-order valence-electron chi connectivity index (χ4n) is 2.62. The van der Waals surface area contributed by atoms with Crippen LogP contribution in [0.15, 0.2) is 29.8 Å². The summed E-state index contributed by atoms with van der Waals surface area (Å²) in [5.74, 6) is 1.16. The second-order valence-corrected chi connectivity index (χ2v) is 6.71. The Morgan fingerprint density at radius 1 is 1.43 bits per heavy atom. The Hall–Kier alpha value is -1.79. The highest BCUT2D eigenvalue weighted by Crippen LogP contribution is 2.22. The molecule has 0 aliphatic carbocycles. The van der Waals surface area contributed by atoms with Crippen LogP contribution in [0.3, 0.4) is 0 Å². The maximum Gasteiger partial charge on any atom is 0.220 e. The lowest BCUT2D eigenvalue weighted by Crippen LogP contribution is -2.24. The van der Waals surface area contributed by atoms with Gasteiger partial charge in [-0.25, -0.2) is 9.97 Å². The molecular formula is C17H21N3O2S. The molecule has 0 aromatic carbocycles. The zero-order chi connectivity index (χ0) is 15.9. The first-order valence-electron chi connectivity index (χ1n) is 8.00. The standard InChI is InChI=1S/C17H21N3O2S/c21-16(6-5-15-4-2-10-23-15)19-11-14-7-8-18-17(20-14)13-3-1-9-22-12-13/h2,4,7-8,10,13H,1,3,5-6,9,11-12H2,(H,19,21). The summed E-state index contributed by atoms with van der Waals surface area (Å²) in [6.45, 7) is 1.97. The monoisotopic (exact) mass is 331 g/mol. The van der Waals surface area contributed by atoms with Gasteiger partial charge < -0.3 is 10.1 Å². The summed E-state index contributed by atoms with van der Waals surface area (Å²) in [6, 6.07) is 5.92. The molecule has 1 N–H and O–H groups in total. The molecule has 2 aromatic heterocycles. The number of rotatable bonds is 6. The number of hydrogen-bond donors (Lipinski definition) is 1. The molecule has 1 amide bonds. The number of ether oxygens (including phenoxy) is 1. The first-order valence-corrected chi connectivity index (χ1v) is 8.88. The van der Waals surface area contributed by atoms with Crippen LogP contribution in [0.2, 0.25) is 0 Å². The number of thiophene rings is 1. The molecule has 2 aromatic rings. The fourth-order valence-corrected chi connectivity index (χ4v) is 3.33. The molecule has 1 aliphatic heterocycles. The van der Waals surface area contributed by atoms with Gasteiger partial charge in [0.2, 0.25) is 5.91 Å². The Morgan fingerprint density at radius 2 is 2.39 bits per heavy atom. The van der Waals surface area contributed by atoms with Crippen molar-refractivity contribution in [1.82, 2.24) is 15.3 Å². The van der Waals surface area contributed by atoms with Gasteiger partial charge in [-0.05, 0) is 36.8 Å². The van der Waals surface area contributed by atoms with E-state index < -0.39 is 0 Å². The predicted molar refractivity (Wildman–Crippen MR) is 89.3 cm³/mol. The number of aryl methyl sites for hydroxylation is 1. The average Bonchev–Trinajstić information content (AvgIpc) is 3.13. The molecule has 3 rings (SSSR count). The summed E-state index contributed by atoms with van der Waals surface area (Å²) in [4.78, 5) is 22.1. The SMILES string of the molecule is O=C(CCc1cccs1)NCc1ccnc(C2CCCOC2)n1. The molecule has 1 saturated heterocycles. The van der Waals surface area contributed by atoms with Gasteiger partial charge in [0.05, 0.1) is 18.8 Å². The molecule has 0 saturated carbocycles. The van der Waals surface area contributed by atoms with E-state index in [0.717, 1.165) is 37.4 Å². The largest absolute Gasteiger partial charge is 0.381 e. The molecule has 122 valence electrons. The summed E-state index contributed by atoms with van der Waals surface area (Å²) >= 11 is 1.68. The fraction of sp³-hybridized carbons (Fsp3) is 0.471. The van der Waals surface area contributed by atoms with E-state index >= 15 is 0 Å². The van der Waals surface area contributed by atoms with Gasteiger partial charge in [0.1, 0.15) is 5.82 Å². The topological polar surface area (TPSA) is 64.1 Å². The zero-order valence-corrected chi connectivity index (χ0v) is 13.8. The third-order valence-electron chi connectivity index (χ3n) is 3.90. The minimum atomic E-state index is 0.0551. The Balaban J connectivity index is 1.48. The summed E-state index contributed by atoms with van der Waals surface area (Å²) < 4.78 is 5.49. The van der Waals surface area contributed by atoms with Crippen LogP contribution in [0.5, 0.6) is 0 Å². The molecule has 1 atom stereocenters. The average molecular weight is 331 g/mol. The van der Waals surface area contributed by atoms with Crippen LogP contribution in [-0.4, -0.2) is 29.1 Å². The number of carbonyl (C=O) groups excluding carboxylic acids is 1. The van der Waals surface area contributed by atoms with E-state index in [4.69, 9.17) is 4.74 Å². The minimum Gasteiger partial charge on any atom is -0.381 e. The second-order valence-electron chi connectivity index (χ2n) is 5.68. The summed E-state index contributed by atoms with van der Waals surface area (Å²) in [7, 11) is 0. The summed E-state index contributed by atoms with van der Waals surface area (Å²) in [6.07, 6.45) is 5.19. The Labute approximate surface area is 140 Å². The lowest BCUT2D eigenvalue weighted by Gasteiger charge is -2.20. The molecule has 5 nitrogen and oxygen atoms in total. The normalized spacial score (nSPS) is 17.8. The molecule has 1 unspecified atom stereocenters. The number of nitrogens with one attached hydrogen (secondary N) is 1. The number of nitrogens with zero attached hydrogens (tertiary/aromatic N) is 2. The Kier molecular flexibility index (Phi) is 5.71. The van der Waals surface area contributed by atoms with Crippen LogP contribution in [0.4, 0.5) is 0 Å². The van der Waals surface area contributed by atoms with Crippen molar-refractivity contribution in [1.29, 1.82) is 0 Å². The van der Waals surface area contributed by atoms with Crippen molar-refractivity contribution in [2.75, 3.05) is 13.2 Å². The van der Waals surface area contributed by atoms with Gasteiger partial charge in [0.15, 0.2) is 0 Å². The van der Waals surface area contributed by atoms with Crippen molar-refractivity contribution in [2.45, 2.75) is 38.1 Å². The van der Waals surface area contributed by atoms with Crippen molar-refractivity contribution < 1.29 is 9.53 Å². The van der Waals surface area contributed by atoms with Gasteiger partial charge in [-0.15, -0.1) is 11.3 Å². The van der Waals surface area contributed by atoms with Crippen LogP contribution in [0, 0.1) is 0 Å². The second kappa shape index (κ2) is 8.17. The van der Waals surface area contributed by atoms with Gasteiger partial charge >= 0.3 is 0 Å². The third-order valence-corrected chi connectivity index (χ3v) is 4.84. The molecule has 0 spiro atoms. The van der Waals surface area contributed by atoms with Crippen molar-refractivity contribution in [3.8, 4) is 0 Å². The van der Waals surface area contributed by atoms with Crippen LogP contribution in [0.25, 0.3) is 0 Å². The molecule has 23 heavy (non-hydrogen) atoms. The van der Waals surface area contributed by atoms with Crippen LogP contribution in [-0.2, 0) is 22.5 Å². The van der Waals surface area contributed by atoms with Crippen LogP contribution < -0.4 is 5.32 Å². The Morgan fingerprint density at radius 3 is 3.17 bits per heavy atom. The van der Waals surface area contributed by atoms with Gasteiger partial charge in [-0.1, -0.05) is 6.07 Å². The first-order chi connectivity index (χ1) is 11.3. The quantitative estimate of drug-likeness (QED) is 0.884. The highest BCUT2D eigenvalue weighted by Gasteiger charge is 2.18. The molecule has 0 radical (unpaired) electrons. The lowest BCUT2D eigenvalue weighted by molar-refractivity contribution is -0.121. The van der Waals surface area contributed by atoms with E-state index in [9.17, 15) is 4.79 Å². The summed E-state index contributed by atoms with van der Waals surface area (Å²) in [5, 5.41) is 4.97. The lowest BCUT2D eigenvalue weighted by atomic mass is 10.0. The Bertz CT molecular complexity index is 625. The van der Waals surface area contributed by atoms with Gasteiger partial charge in [-0.3, -0.25) is 4.79 Å². The smallest absolute Gasteiger partial charge is 0.220 e. The van der Waals surface area contributed by atoms with E-state index in [2.05, 4.69) is 21.4 Å². The maximum atomic E-state index is 11.9. The maximum absolute atomic E-state index is 11.9. The number of aromatic nitrogens is 2. The minimum absolute atomic E-state index is 0.0551. The molecule has 1 aliphatic rings. The molecule has 6 heteroatoms. The number of carbonyl (C=O) groups is 1. The summed E-state index contributed by atoms with van der Waals surface area (Å²) in [5.41, 5.74) is 0.852. The highest BCUT2D eigenvalue weighted by atomic mass is 32.1. The van der Waals surface area contributed by atoms with E-state index in [1.807, 2.05) is 17.5 Å². The van der Waals surface area contributed by atoms with E-state index in [1.165, 1.54) is 4.88 Å². The van der Waals surface area contributed by atoms with Gasteiger partial charge in [-0.2, -0.15) is 0 Å². The van der Waals surface area contributed by atoms with Gasteiger partial charge in [0, 0.05) is 30.0 Å². The van der Waals surface area contributed by atoms with E-state index in [1.54, 1.807) is 17.5 Å². The highest BCUT2D eigenvalue weighted by molar-refractivity contribution is 7.09. The van der Waals surface area contributed by atoms with E-state index in [-0.39, 0.29) is 11.8 Å². The zero-order valence-electron chi connectivity index (χ0n) is 13.0. The van der Waals surface area contributed by atoms with Crippen molar-refractivity contribution in [3.63, 3.8) is 0 Å². The molecule has 3 heterocycles. The molecule has 0 bridgehead atoms. The molecule has 1 fully saturated rings.